The van der Waals surface area contributed by atoms with E-state index in [4.69, 9.17) is 5.73 Å². The van der Waals surface area contributed by atoms with Crippen LogP contribution in [0.2, 0.25) is 0 Å². The number of carbonyl (C=O) groups excluding carboxylic acids is 1. The van der Waals surface area contributed by atoms with Gasteiger partial charge >= 0.3 is 0 Å². The van der Waals surface area contributed by atoms with Crippen LogP contribution >= 0.6 is 0 Å². The summed E-state index contributed by atoms with van der Waals surface area (Å²) in [6.07, 6.45) is 3.61. The summed E-state index contributed by atoms with van der Waals surface area (Å²) in [5.74, 6) is 0.644. The molecule has 0 saturated heterocycles. The number of nitrogens with zero attached hydrogens (tertiary/aromatic N) is 5. The van der Waals surface area contributed by atoms with E-state index in [9.17, 15) is 4.79 Å². The van der Waals surface area contributed by atoms with Crippen LogP contribution in [0.25, 0.3) is 11.4 Å². The van der Waals surface area contributed by atoms with E-state index >= 15 is 0 Å². The fourth-order valence-corrected chi connectivity index (χ4v) is 2.24. The maximum Gasteiger partial charge on any atom is 0.225 e. The van der Waals surface area contributed by atoms with Gasteiger partial charge in [-0.1, -0.05) is 30.3 Å². The van der Waals surface area contributed by atoms with Gasteiger partial charge < -0.3 is 5.73 Å². The molecule has 0 saturated carbocycles. The van der Waals surface area contributed by atoms with Gasteiger partial charge in [-0.05, 0) is 5.56 Å². The van der Waals surface area contributed by atoms with E-state index in [1.54, 1.807) is 15.6 Å². The zero-order valence-electron chi connectivity index (χ0n) is 12.2. The van der Waals surface area contributed by atoms with Crippen molar-refractivity contribution >= 4 is 5.91 Å². The Morgan fingerprint density at radius 3 is 2.68 bits per heavy atom. The average Bonchev–Trinajstić information content (AvgIpc) is 3.06. The largest absolute Gasteiger partial charge is 0.369 e. The van der Waals surface area contributed by atoms with Gasteiger partial charge in [-0.15, -0.1) is 0 Å². The van der Waals surface area contributed by atoms with Crippen LogP contribution in [-0.2, 0) is 24.8 Å². The molecule has 0 bridgehead atoms. The molecule has 7 heteroatoms. The summed E-state index contributed by atoms with van der Waals surface area (Å²) < 4.78 is 3.47. The molecule has 112 valence electrons. The summed E-state index contributed by atoms with van der Waals surface area (Å²) in [6, 6.07) is 9.94. The third-order valence-electron chi connectivity index (χ3n) is 3.19. The van der Waals surface area contributed by atoms with Crippen molar-refractivity contribution in [2.45, 2.75) is 13.0 Å². The first kappa shape index (κ1) is 14.0. The molecule has 0 aliphatic rings. The van der Waals surface area contributed by atoms with Crippen molar-refractivity contribution in [2.24, 2.45) is 12.8 Å². The van der Waals surface area contributed by atoms with Crippen molar-refractivity contribution in [3.63, 3.8) is 0 Å². The lowest BCUT2D eigenvalue weighted by Gasteiger charge is -2.04. The molecule has 1 aromatic carbocycles. The first-order chi connectivity index (χ1) is 10.6. The SMILES string of the molecule is Cn1cc(-c2nc(CC(N)=O)nn2Cc2ccccc2)cn1. The molecule has 2 aromatic heterocycles. The lowest BCUT2D eigenvalue weighted by Crippen LogP contribution is -2.15. The monoisotopic (exact) mass is 296 g/mol. The average molecular weight is 296 g/mol. The number of primary amides is 1. The van der Waals surface area contributed by atoms with Crippen molar-refractivity contribution in [1.29, 1.82) is 0 Å². The standard InChI is InChI=1S/C15H16N6O/c1-20-10-12(8-17-20)15-18-14(7-13(16)22)19-21(15)9-11-5-3-2-4-6-11/h2-6,8,10H,7,9H2,1H3,(H2,16,22). The third-order valence-corrected chi connectivity index (χ3v) is 3.19. The van der Waals surface area contributed by atoms with E-state index in [-0.39, 0.29) is 6.42 Å². The first-order valence-electron chi connectivity index (χ1n) is 6.87. The van der Waals surface area contributed by atoms with E-state index in [0.717, 1.165) is 11.1 Å². The summed E-state index contributed by atoms with van der Waals surface area (Å²) >= 11 is 0. The molecule has 0 aliphatic heterocycles. The second-order valence-electron chi connectivity index (χ2n) is 5.04. The number of hydrogen-bond donors (Lipinski definition) is 1. The molecule has 3 aromatic rings. The zero-order valence-corrected chi connectivity index (χ0v) is 12.2. The maximum atomic E-state index is 11.1. The molecule has 0 spiro atoms. The number of aromatic nitrogens is 5. The van der Waals surface area contributed by atoms with Gasteiger partial charge in [-0.25, -0.2) is 9.67 Å². The Balaban J connectivity index is 1.99. The normalized spacial score (nSPS) is 10.8. The van der Waals surface area contributed by atoms with Crippen LogP contribution in [0.15, 0.2) is 42.7 Å². The minimum atomic E-state index is -0.449. The molecular formula is C15H16N6O. The first-order valence-corrected chi connectivity index (χ1v) is 6.87. The lowest BCUT2D eigenvalue weighted by atomic mass is 10.2. The van der Waals surface area contributed by atoms with E-state index in [2.05, 4.69) is 15.2 Å². The molecule has 0 aliphatic carbocycles. The second-order valence-corrected chi connectivity index (χ2v) is 5.04. The Labute approximate surface area is 127 Å². The van der Waals surface area contributed by atoms with E-state index < -0.39 is 5.91 Å². The predicted molar refractivity (Wildman–Crippen MR) is 80.7 cm³/mol. The van der Waals surface area contributed by atoms with Gasteiger partial charge in [0.2, 0.25) is 5.91 Å². The van der Waals surface area contributed by atoms with Crippen LogP contribution in [0.1, 0.15) is 11.4 Å². The van der Waals surface area contributed by atoms with Crippen LogP contribution in [0.3, 0.4) is 0 Å². The van der Waals surface area contributed by atoms with Crippen molar-refractivity contribution in [3.8, 4) is 11.4 Å². The van der Waals surface area contributed by atoms with Crippen molar-refractivity contribution in [2.75, 3.05) is 0 Å². The van der Waals surface area contributed by atoms with Gasteiger partial charge in [0.15, 0.2) is 11.6 Å². The molecule has 0 fully saturated rings. The summed E-state index contributed by atoms with van der Waals surface area (Å²) in [5, 5.41) is 8.55. The number of aryl methyl sites for hydroxylation is 1. The van der Waals surface area contributed by atoms with Gasteiger partial charge in [-0.3, -0.25) is 9.48 Å². The number of rotatable bonds is 5. The minimum absolute atomic E-state index is 0.0229. The highest BCUT2D eigenvalue weighted by Crippen LogP contribution is 2.18. The molecule has 3 rings (SSSR count). The van der Waals surface area contributed by atoms with E-state index in [1.165, 1.54) is 0 Å². The summed E-state index contributed by atoms with van der Waals surface area (Å²) in [6.45, 7) is 0.566. The molecule has 0 radical (unpaired) electrons. The molecule has 0 unspecified atom stereocenters. The van der Waals surface area contributed by atoms with Crippen LogP contribution < -0.4 is 5.73 Å². The smallest absolute Gasteiger partial charge is 0.225 e. The summed E-state index contributed by atoms with van der Waals surface area (Å²) in [5.41, 5.74) is 7.18. The Bertz CT molecular complexity index is 789. The zero-order chi connectivity index (χ0) is 15.5. The van der Waals surface area contributed by atoms with Gasteiger partial charge in [0.1, 0.15) is 0 Å². The lowest BCUT2D eigenvalue weighted by molar-refractivity contribution is -0.117. The van der Waals surface area contributed by atoms with Crippen LogP contribution in [0.4, 0.5) is 0 Å². The Morgan fingerprint density at radius 1 is 1.27 bits per heavy atom. The minimum Gasteiger partial charge on any atom is -0.369 e. The molecule has 1 amide bonds. The van der Waals surface area contributed by atoms with Gasteiger partial charge in [0, 0.05) is 13.2 Å². The quantitative estimate of drug-likeness (QED) is 0.752. The predicted octanol–water partition coefficient (Wildman–Crippen LogP) is 0.755. The van der Waals surface area contributed by atoms with Crippen LogP contribution in [0.5, 0.6) is 0 Å². The van der Waals surface area contributed by atoms with Gasteiger partial charge in [0.25, 0.3) is 0 Å². The second kappa shape index (κ2) is 5.80. The Hall–Kier alpha value is -2.96. The molecule has 7 nitrogen and oxygen atoms in total. The number of benzene rings is 1. The van der Waals surface area contributed by atoms with Crippen molar-refractivity contribution < 1.29 is 4.79 Å². The summed E-state index contributed by atoms with van der Waals surface area (Å²) in [4.78, 5) is 15.5. The fourth-order valence-electron chi connectivity index (χ4n) is 2.24. The van der Waals surface area contributed by atoms with Gasteiger partial charge in [-0.2, -0.15) is 10.2 Å². The Morgan fingerprint density at radius 2 is 2.05 bits per heavy atom. The van der Waals surface area contributed by atoms with Crippen molar-refractivity contribution in [1.82, 2.24) is 24.5 Å². The third kappa shape index (κ3) is 3.03. The molecular weight excluding hydrogens is 280 g/mol. The van der Waals surface area contributed by atoms with E-state index in [1.807, 2.05) is 43.6 Å². The van der Waals surface area contributed by atoms with Crippen molar-refractivity contribution in [3.05, 3.63) is 54.1 Å². The number of amides is 1. The highest BCUT2D eigenvalue weighted by Gasteiger charge is 2.15. The van der Waals surface area contributed by atoms with Crippen LogP contribution in [-0.4, -0.2) is 30.5 Å². The fraction of sp³-hybridized carbons (Fsp3) is 0.200. The number of nitrogens with two attached hydrogens (primary N) is 1. The van der Waals surface area contributed by atoms with Gasteiger partial charge in [0.05, 0.1) is 24.7 Å². The highest BCUT2D eigenvalue weighted by molar-refractivity contribution is 5.75. The Kier molecular flexibility index (Phi) is 3.69. The molecule has 0 atom stereocenters. The summed E-state index contributed by atoms with van der Waals surface area (Å²) in [7, 11) is 1.84. The topological polar surface area (TPSA) is 91.6 Å². The van der Waals surface area contributed by atoms with E-state index in [0.29, 0.717) is 18.2 Å². The molecule has 2 heterocycles. The maximum absolute atomic E-state index is 11.1. The van der Waals surface area contributed by atoms with Crippen LogP contribution in [0, 0.1) is 0 Å². The number of carbonyl (C=O) groups is 1. The highest BCUT2D eigenvalue weighted by atomic mass is 16.1. The number of hydrogen-bond acceptors (Lipinski definition) is 4. The molecule has 2 N–H and O–H groups in total. The molecule has 22 heavy (non-hydrogen) atoms.